The van der Waals surface area contributed by atoms with E-state index in [0.717, 1.165) is 45.3 Å². The minimum absolute atomic E-state index is 0.0357. The van der Waals surface area contributed by atoms with Crippen LogP contribution in [0.25, 0.3) is 11.1 Å². The van der Waals surface area contributed by atoms with Gasteiger partial charge in [-0.25, -0.2) is 4.39 Å². The van der Waals surface area contributed by atoms with E-state index in [0.29, 0.717) is 17.3 Å². The number of carbonyl (C=O) groups is 3. The van der Waals surface area contributed by atoms with Gasteiger partial charge in [-0.1, -0.05) is 17.7 Å². The van der Waals surface area contributed by atoms with E-state index < -0.39 is 23.7 Å². The summed E-state index contributed by atoms with van der Waals surface area (Å²) in [4.78, 5) is 43.6. The Hall–Kier alpha value is -3.05. The number of amides is 3. The number of likely N-dealkylation sites (tertiary alicyclic amines) is 1. The average molecular weight is 558 g/mol. The topological polar surface area (TPSA) is 114 Å². The van der Waals surface area contributed by atoms with E-state index in [1.54, 1.807) is 18.2 Å². The molecule has 3 aliphatic rings. The van der Waals surface area contributed by atoms with Gasteiger partial charge in [-0.3, -0.25) is 19.3 Å². The first-order valence-electron chi connectivity index (χ1n) is 13.4. The molecule has 0 saturated carbocycles. The fourth-order valence-electron chi connectivity index (χ4n) is 5.88. The zero-order chi connectivity index (χ0) is 27.5. The molecule has 9 nitrogen and oxygen atoms in total. The van der Waals surface area contributed by atoms with Gasteiger partial charge in [-0.05, 0) is 81.2 Å². The first-order valence-corrected chi connectivity index (χ1v) is 13.8. The van der Waals surface area contributed by atoms with Crippen LogP contribution in [-0.2, 0) is 9.59 Å². The minimum Gasteiger partial charge on any atom is -0.395 e. The number of halogens is 2. The van der Waals surface area contributed by atoms with Crippen LogP contribution in [0.15, 0.2) is 36.4 Å². The van der Waals surface area contributed by atoms with Crippen LogP contribution in [0.3, 0.4) is 0 Å². The van der Waals surface area contributed by atoms with Crippen LogP contribution < -0.4 is 20.9 Å². The Kier molecular flexibility index (Phi) is 8.46. The van der Waals surface area contributed by atoms with Crippen molar-refractivity contribution in [3.05, 3.63) is 52.8 Å². The molecule has 3 amide bonds. The lowest BCUT2D eigenvalue weighted by molar-refractivity contribution is -0.126. The van der Waals surface area contributed by atoms with Gasteiger partial charge in [-0.15, -0.1) is 0 Å². The smallest absolute Gasteiger partial charge is 0.254 e. The van der Waals surface area contributed by atoms with Gasteiger partial charge >= 0.3 is 0 Å². The summed E-state index contributed by atoms with van der Waals surface area (Å²) in [5.41, 5.74) is 1.19. The van der Waals surface area contributed by atoms with E-state index in [1.807, 2.05) is 0 Å². The van der Waals surface area contributed by atoms with Crippen LogP contribution >= 0.6 is 11.6 Å². The molecule has 0 radical (unpaired) electrons. The molecule has 3 heterocycles. The maximum atomic E-state index is 14.6. The summed E-state index contributed by atoms with van der Waals surface area (Å²) in [7, 11) is 0. The Morgan fingerprint density at radius 2 is 1.90 bits per heavy atom. The summed E-state index contributed by atoms with van der Waals surface area (Å²) in [6, 6.07) is 8.07. The predicted molar refractivity (Wildman–Crippen MR) is 146 cm³/mol. The van der Waals surface area contributed by atoms with Crippen molar-refractivity contribution in [1.29, 1.82) is 0 Å². The van der Waals surface area contributed by atoms with Gasteiger partial charge < -0.3 is 26.0 Å². The highest BCUT2D eigenvalue weighted by molar-refractivity contribution is 6.30. The van der Waals surface area contributed by atoms with Crippen molar-refractivity contribution in [3.8, 4) is 11.1 Å². The number of hydrogen-bond acceptors (Lipinski definition) is 6. The van der Waals surface area contributed by atoms with Crippen molar-refractivity contribution in [2.75, 3.05) is 44.2 Å². The molecule has 2 atom stereocenters. The van der Waals surface area contributed by atoms with E-state index in [4.69, 9.17) is 11.6 Å². The van der Waals surface area contributed by atoms with Crippen LogP contribution in [0.1, 0.15) is 36.0 Å². The van der Waals surface area contributed by atoms with Crippen molar-refractivity contribution in [1.82, 2.24) is 20.9 Å². The molecular weight excluding hydrogens is 525 g/mol. The number of nitrogens with one attached hydrogen (secondary N) is 3. The highest BCUT2D eigenvalue weighted by Gasteiger charge is 2.38. The van der Waals surface area contributed by atoms with Gasteiger partial charge in [0.25, 0.3) is 11.8 Å². The molecule has 0 spiro atoms. The molecule has 3 aliphatic heterocycles. The highest BCUT2D eigenvalue weighted by atomic mass is 35.5. The summed E-state index contributed by atoms with van der Waals surface area (Å²) in [5.74, 6) is -1.65. The number of nitrogens with zero attached hydrogens (tertiary/aromatic N) is 2. The van der Waals surface area contributed by atoms with Gasteiger partial charge in [0.2, 0.25) is 5.91 Å². The zero-order valence-electron chi connectivity index (χ0n) is 21.6. The molecule has 0 aromatic heterocycles. The number of carbonyl (C=O) groups excluding carboxylic acids is 3. The van der Waals surface area contributed by atoms with Crippen molar-refractivity contribution >= 4 is 35.0 Å². The fourth-order valence-corrected chi connectivity index (χ4v) is 6.04. The Morgan fingerprint density at radius 1 is 1.10 bits per heavy atom. The molecule has 0 unspecified atom stereocenters. The summed E-state index contributed by atoms with van der Waals surface area (Å²) in [6.45, 7) is 2.31. The molecule has 0 aliphatic carbocycles. The maximum absolute atomic E-state index is 14.6. The third kappa shape index (κ3) is 5.79. The average Bonchev–Trinajstić information content (AvgIpc) is 3.41. The number of aliphatic hydroxyl groups excluding tert-OH is 1. The molecule has 5 rings (SSSR count). The molecular formula is C28H33ClFN5O4. The van der Waals surface area contributed by atoms with E-state index in [9.17, 15) is 23.9 Å². The van der Waals surface area contributed by atoms with Gasteiger partial charge in [0, 0.05) is 29.7 Å². The quantitative estimate of drug-likeness (QED) is 0.414. The Morgan fingerprint density at radius 3 is 2.64 bits per heavy atom. The van der Waals surface area contributed by atoms with Crippen molar-refractivity contribution in [3.63, 3.8) is 0 Å². The molecule has 208 valence electrons. The third-order valence-electron chi connectivity index (χ3n) is 7.82. The van der Waals surface area contributed by atoms with Crippen molar-refractivity contribution in [2.45, 2.75) is 43.8 Å². The van der Waals surface area contributed by atoms with Gasteiger partial charge in [-0.2, -0.15) is 0 Å². The number of rotatable bonds is 7. The van der Waals surface area contributed by atoms with Crippen LogP contribution in [0.4, 0.5) is 10.1 Å². The monoisotopic (exact) mass is 557 g/mol. The number of benzene rings is 2. The molecule has 2 fully saturated rings. The second kappa shape index (κ2) is 12.0. The lowest BCUT2D eigenvalue weighted by Gasteiger charge is -2.35. The molecule has 2 aromatic carbocycles. The largest absolute Gasteiger partial charge is 0.395 e. The first kappa shape index (κ1) is 27.5. The van der Waals surface area contributed by atoms with Crippen LogP contribution in [-0.4, -0.2) is 85.2 Å². The van der Waals surface area contributed by atoms with Gasteiger partial charge in [0.15, 0.2) is 0 Å². The maximum Gasteiger partial charge on any atom is 0.254 e. The second-order valence-electron chi connectivity index (χ2n) is 10.2. The Bertz CT molecular complexity index is 1250. The third-order valence-corrected chi connectivity index (χ3v) is 8.06. The molecule has 2 saturated heterocycles. The Labute approximate surface area is 231 Å². The highest BCUT2D eigenvalue weighted by Crippen LogP contribution is 2.32. The molecule has 4 N–H and O–H groups in total. The van der Waals surface area contributed by atoms with Crippen LogP contribution in [0.5, 0.6) is 0 Å². The number of piperidine rings is 1. The molecule has 2 aromatic rings. The number of hydrogen-bond donors (Lipinski definition) is 4. The van der Waals surface area contributed by atoms with Crippen molar-refractivity contribution < 1.29 is 23.9 Å². The van der Waals surface area contributed by atoms with Crippen LogP contribution in [0.2, 0.25) is 5.02 Å². The standard InChI is InChI=1S/C28H33ClFN5O4/c29-18-4-5-20(22(30)15-18)17-3-6-24-21(14-17)26(37)33-23(28(39)35(24)12-13-36)16-32-27(38)25-2-1-11-34(25)19-7-9-31-10-8-19/h3-6,14-15,19,23,25,31,36H,1-2,7-13,16H2,(H,32,38)(H,33,37)/t23-,25+/m1/s1. The normalized spacial score (nSPS) is 22.4. The number of aliphatic hydroxyl groups is 1. The minimum atomic E-state index is -1.02. The van der Waals surface area contributed by atoms with Gasteiger partial charge in [0.05, 0.1) is 23.9 Å². The lowest BCUT2D eigenvalue weighted by Crippen LogP contribution is -2.55. The van der Waals surface area contributed by atoms with E-state index in [2.05, 4.69) is 20.9 Å². The van der Waals surface area contributed by atoms with E-state index in [-0.39, 0.29) is 47.8 Å². The predicted octanol–water partition coefficient (Wildman–Crippen LogP) is 1.92. The number of anilines is 1. The van der Waals surface area contributed by atoms with E-state index >= 15 is 0 Å². The summed E-state index contributed by atoms with van der Waals surface area (Å²) in [6.07, 6.45) is 3.69. The first-order chi connectivity index (χ1) is 18.9. The summed E-state index contributed by atoms with van der Waals surface area (Å²) in [5, 5.41) is 18.9. The number of fused-ring (bicyclic) bond motifs is 1. The number of β-amino-alcohol motifs (C(OH)–C–C–N with tert-alkyl or cyclic N) is 1. The molecule has 11 heteroatoms. The molecule has 0 bridgehead atoms. The zero-order valence-corrected chi connectivity index (χ0v) is 22.3. The summed E-state index contributed by atoms with van der Waals surface area (Å²) >= 11 is 5.88. The Balaban J connectivity index is 1.34. The SMILES string of the molecule is O=C1N[C@H](CNC(=O)[C@@H]2CCCN2C2CCNCC2)C(=O)N(CCO)c2ccc(-c3ccc(Cl)cc3F)cc21. The van der Waals surface area contributed by atoms with Crippen molar-refractivity contribution in [2.24, 2.45) is 0 Å². The van der Waals surface area contributed by atoms with E-state index in [1.165, 1.54) is 23.1 Å². The van der Waals surface area contributed by atoms with Gasteiger partial charge in [0.1, 0.15) is 11.9 Å². The van der Waals surface area contributed by atoms with Crippen LogP contribution in [0, 0.1) is 5.82 Å². The second-order valence-corrected chi connectivity index (χ2v) is 10.7. The molecule has 39 heavy (non-hydrogen) atoms. The summed E-state index contributed by atoms with van der Waals surface area (Å²) < 4.78 is 14.6. The fraction of sp³-hybridized carbons (Fsp3) is 0.464. The lowest BCUT2D eigenvalue weighted by atomic mass is 10.0.